The van der Waals surface area contributed by atoms with Crippen LogP contribution in [0.1, 0.15) is 78.6 Å². The molecule has 0 radical (unpaired) electrons. The lowest BCUT2D eigenvalue weighted by molar-refractivity contribution is -0.122. The van der Waals surface area contributed by atoms with E-state index in [1.54, 1.807) is 0 Å². The van der Waals surface area contributed by atoms with Gasteiger partial charge in [-0.2, -0.15) is 0 Å². The van der Waals surface area contributed by atoms with E-state index in [0.717, 1.165) is 24.7 Å². The molecule has 118 valence electrons. The SMILES string of the molecule is CCCCCC(=O)C(NC)C1CCC(CC(C)CC)C1. The second-order valence-corrected chi connectivity index (χ2v) is 6.88. The molecular weight excluding hydrogens is 246 g/mol. The fourth-order valence-electron chi connectivity index (χ4n) is 3.73. The number of ketones is 1. The topological polar surface area (TPSA) is 29.1 Å². The minimum atomic E-state index is 0.119. The lowest BCUT2D eigenvalue weighted by Crippen LogP contribution is -2.40. The first kappa shape index (κ1) is 17.7. The van der Waals surface area contributed by atoms with Crippen LogP contribution < -0.4 is 5.32 Å². The van der Waals surface area contributed by atoms with E-state index in [4.69, 9.17) is 0 Å². The van der Waals surface area contributed by atoms with Crippen molar-refractivity contribution in [2.45, 2.75) is 84.6 Å². The minimum absolute atomic E-state index is 0.119. The van der Waals surface area contributed by atoms with Crippen LogP contribution in [0, 0.1) is 17.8 Å². The first-order valence-corrected chi connectivity index (χ1v) is 8.82. The largest absolute Gasteiger partial charge is 0.310 e. The first-order chi connectivity index (χ1) is 9.62. The number of likely N-dealkylation sites (N-methyl/N-ethyl adjacent to an activating group) is 1. The molecule has 2 heteroatoms. The maximum absolute atomic E-state index is 12.4. The molecule has 4 unspecified atom stereocenters. The predicted molar refractivity (Wildman–Crippen MR) is 86.9 cm³/mol. The van der Waals surface area contributed by atoms with Crippen molar-refractivity contribution in [1.82, 2.24) is 5.32 Å². The molecule has 0 aromatic heterocycles. The molecule has 0 amide bonds. The van der Waals surface area contributed by atoms with Crippen molar-refractivity contribution in [2.24, 2.45) is 17.8 Å². The van der Waals surface area contributed by atoms with Crippen LogP contribution in [0.5, 0.6) is 0 Å². The Labute approximate surface area is 126 Å². The Balaban J connectivity index is 2.40. The Kier molecular flexibility index (Phi) is 8.44. The van der Waals surface area contributed by atoms with E-state index in [-0.39, 0.29) is 6.04 Å². The van der Waals surface area contributed by atoms with Crippen LogP contribution in [-0.2, 0) is 4.79 Å². The number of rotatable bonds is 10. The molecule has 0 spiro atoms. The van der Waals surface area contributed by atoms with Crippen LogP contribution in [0.4, 0.5) is 0 Å². The van der Waals surface area contributed by atoms with Gasteiger partial charge in [-0.3, -0.25) is 4.79 Å². The van der Waals surface area contributed by atoms with E-state index >= 15 is 0 Å². The summed E-state index contributed by atoms with van der Waals surface area (Å²) in [4.78, 5) is 12.4. The molecule has 2 nitrogen and oxygen atoms in total. The van der Waals surface area contributed by atoms with Crippen LogP contribution in [0.2, 0.25) is 0 Å². The van der Waals surface area contributed by atoms with Gasteiger partial charge in [-0.25, -0.2) is 0 Å². The Hall–Kier alpha value is -0.370. The second kappa shape index (κ2) is 9.55. The molecule has 1 N–H and O–H groups in total. The van der Waals surface area contributed by atoms with Crippen LogP contribution >= 0.6 is 0 Å². The van der Waals surface area contributed by atoms with Gasteiger partial charge in [-0.15, -0.1) is 0 Å². The molecule has 1 fully saturated rings. The van der Waals surface area contributed by atoms with Crippen molar-refractivity contribution in [3.8, 4) is 0 Å². The fourth-order valence-corrected chi connectivity index (χ4v) is 3.73. The first-order valence-electron chi connectivity index (χ1n) is 8.82. The van der Waals surface area contributed by atoms with E-state index in [2.05, 4.69) is 26.1 Å². The molecule has 0 heterocycles. The zero-order valence-corrected chi connectivity index (χ0v) is 14.1. The zero-order valence-electron chi connectivity index (χ0n) is 14.1. The highest BCUT2D eigenvalue weighted by Gasteiger charge is 2.33. The molecule has 1 rings (SSSR count). The van der Waals surface area contributed by atoms with E-state index in [1.807, 2.05) is 7.05 Å². The summed E-state index contributed by atoms with van der Waals surface area (Å²) in [6.07, 6.45) is 10.7. The third kappa shape index (κ3) is 5.55. The highest BCUT2D eigenvalue weighted by Crippen LogP contribution is 2.37. The van der Waals surface area contributed by atoms with Crippen molar-refractivity contribution < 1.29 is 4.79 Å². The van der Waals surface area contributed by atoms with Gasteiger partial charge in [-0.1, -0.05) is 46.5 Å². The number of Topliss-reactive ketones (excluding diaryl/α,β-unsaturated/α-hetero) is 1. The lowest BCUT2D eigenvalue weighted by atomic mass is 9.88. The molecular formula is C18H35NO. The second-order valence-electron chi connectivity index (χ2n) is 6.88. The van der Waals surface area contributed by atoms with Crippen molar-refractivity contribution in [1.29, 1.82) is 0 Å². The predicted octanol–water partition coefficient (Wildman–Crippen LogP) is 4.58. The van der Waals surface area contributed by atoms with Crippen molar-refractivity contribution in [2.75, 3.05) is 7.05 Å². The van der Waals surface area contributed by atoms with Crippen LogP contribution in [-0.4, -0.2) is 18.9 Å². The summed E-state index contributed by atoms with van der Waals surface area (Å²) in [5, 5.41) is 3.31. The Bertz CT molecular complexity index is 277. The number of hydrogen-bond acceptors (Lipinski definition) is 2. The van der Waals surface area contributed by atoms with Gasteiger partial charge in [0.05, 0.1) is 6.04 Å². The summed E-state index contributed by atoms with van der Waals surface area (Å²) in [6, 6.07) is 0.119. The molecule has 20 heavy (non-hydrogen) atoms. The number of carbonyl (C=O) groups is 1. The average Bonchev–Trinajstić information content (AvgIpc) is 2.88. The molecule has 0 aliphatic heterocycles. The quantitative estimate of drug-likeness (QED) is 0.594. The van der Waals surface area contributed by atoms with E-state index in [0.29, 0.717) is 11.7 Å². The zero-order chi connectivity index (χ0) is 15.0. The summed E-state index contributed by atoms with van der Waals surface area (Å²) >= 11 is 0. The fraction of sp³-hybridized carbons (Fsp3) is 0.944. The standard InChI is InChI=1S/C18H35NO/c1-5-7-8-9-17(20)18(19-4)16-11-10-15(13-16)12-14(3)6-2/h14-16,18-19H,5-13H2,1-4H3. The van der Waals surface area contributed by atoms with Gasteiger partial charge in [0.25, 0.3) is 0 Å². The van der Waals surface area contributed by atoms with E-state index in [1.165, 1.54) is 44.9 Å². The Morgan fingerprint density at radius 3 is 2.60 bits per heavy atom. The van der Waals surface area contributed by atoms with Gasteiger partial charge < -0.3 is 5.32 Å². The van der Waals surface area contributed by atoms with Crippen LogP contribution in [0.15, 0.2) is 0 Å². The summed E-state index contributed by atoms with van der Waals surface area (Å²) in [5.41, 5.74) is 0. The van der Waals surface area contributed by atoms with Gasteiger partial charge in [0.15, 0.2) is 0 Å². The van der Waals surface area contributed by atoms with E-state index < -0.39 is 0 Å². The van der Waals surface area contributed by atoms with Gasteiger partial charge >= 0.3 is 0 Å². The van der Waals surface area contributed by atoms with Gasteiger partial charge in [-0.05, 0) is 50.5 Å². The molecule has 0 bridgehead atoms. The van der Waals surface area contributed by atoms with Crippen molar-refractivity contribution in [3.05, 3.63) is 0 Å². The molecule has 1 saturated carbocycles. The molecule has 0 saturated heterocycles. The molecule has 1 aliphatic carbocycles. The maximum Gasteiger partial charge on any atom is 0.150 e. The third-order valence-corrected chi connectivity index (χ3v) is 5.17. The average molecular weight is 281 g/mol. The third-order valence-electron chi connectivity index (χ3n) is 5.17. The minimum Gasteiger partial charge on any atom is -0.310 e. The highest BCUT2D eigenvalue weighted by atomic mass is 16.1. The summed E-state index contributed by atoms with van der Waals surface area (Å²) in [7, 11) is 1.96. The number of nitrogens with one attached hydrogen (secondary N) is 1. The van der Waals surface area contributed by atoms with Crippen LogP contribution in [0.3, 0.4) is 0 Å². The van der Waals surface area contributed by atoms with Crippen molar-refractivity contribution in [3.63, 3.8) is 0 Å². The normalized spacial score (nSPS) is 25.6. The molecule has 0 aromatic rings. The Morgan fingerprint density at radius 1 is 1.25 bits per heavy atom. The smallest absolute Gasteiger partial charge is 0.150 e. The lowest BCUT2D eigenvalue weighted by Gasteiger charge is -2.22. The van der Waals surface area contributed by atoms with Crippen molar-refractivity contribution >= 4 is 5.78 Å². The van der Waals surface area contributed by atoms with Gasteiger partial charge in [0.1, 0.15) is 5.78 Å². The van der Waals surface area contributed by atoms with Crippen LogP contribution in [0.25, 0.3) is 0 Å². The molecule has 4 atom stereocenters. The monoisotopic (exact) mass is 281 g/mol. The summed E-state index contributed by atoms with van der Waals surface area (Å²) < 4.78 is 0. The van der Waals surface area contributed by atoms with E-state index in [9.17, 15) is 4.79 Å². The number of hydrogen-bond donors (Lipinski definition) is 1. The summed E-state index contributed by atoms with van der Waals surface area (Å²) in [5.74, 6) is 2.74. The summed E-state index contributed by atoms with van der Waals surface area (Å²) in [6.45, 7) is 6.83. The van der Waals surface area contributed by atoms with Gasteiger partial charge in [0, 0.05) is 6.42 Å². The maximum atomic E-state index is 12.4. The van der Waals surface area contributed by atoms with Gasteiger partial charge in [0.2, 0.25) is 0 Å². The molecule has 1 aliphatic rings. The molecule has 0 aromatic carbocycles. The Morgan fingerprint density at radius 2 is 2.00 bits per heavy atom. The highest BCUT2D eigenvalue weighted by molar-refractivity contribution is 5.84. The number of carbonyl (C=O) groups excluding carboxylic acids is 1. The number of unbranched alkanes of at least 4 members (excludes halogenated alkanes) is 2.